The SMILES string of the molecule is COc1cc(NC(=O)CN(Cc2ccccc2)C(C)C)c(OC)cc1Cl. The lowest BCUT2D eigenvalue weighted by Crippen LogP contribution is -2.37. The number of benzene rings is 2. The van der Waals surface area contributed by atoms with E-state index in [2.05, 4.69) is 36.2 Å². The van der Waals surface area contributed by atoms with E-state index in [0.717, 1.165) is 0 Å². The van der Waals surface area contributed by atoms with Crippen LogP contribution in [0.1, 0.15) is 19.4 Å². The molecule has 0 unspecified atom stereocenters. The summed E-state index contributed by atoms with van der Waals surface area (Å²) in [5.41, 5.74) is 1.70. The number of nitrogens with one attached hydrogen (secondary N) is 1. The number of halogens is 1. The first kappa shape index (κ1) is 20.1. The van der Waals surface area contributed by atoms with Gasteiger partial charge in [-0.05, 0) is 19.4 Å². The highest BCUT2D eigenvalue weighted by atomic mass is 35.5. The van der Waals surface area contributed by atoms with Crippen molar-refractivity contribution in [3.05, 3.63) is 53.1 Å². The molecule has 0 radical (unpaired) electrons. The fraction of sp³-hybridized carbons (Fsp3) is 0.350. The normalized spacial score (nSPS) is 10.9. The molecule has 2 aromatic carbocycles. The Kier molecular flexibility index (Phi) is 7.30. The standard InChI is InChI=1S/C20H25ClN2O3/c1-14(2)23(12-15-8-6-5-7-9-15)13-20(24)22-17-11-18(25-3)16(21)10-19(17)26-4/h5-11,14H,12-13H2,1-4H3,(H,22,24). The van der Waals surface area contributed by atoms with Crippen molar-refractivity contribution in [2.45, 2.75) is 26.4 Å². The van der Waals surface area contributed by atoms with Crippen LogP contribution in [0.3, 0.4) is 0 Å². The van der Waals surface area contributed by atoms with E-state index >= 15 is 0 Å². The maximum Gasteiger partial charge on any atom is 0.238 e. The highest BCUT2D eigenvalue weighted by Gasteiger charge is 2.17. The molecule has 1 N–H and O–H groups in total. The van der Waals surface area contributed by atoms with E-state index in [9.17, 15) is 4.79 Å². The van der Waals surface area contributed by atoms with Crippen molar-refractivity contribution in [2.75, 3.05) is 26.1 Å². The summed E-state index contributed by atoms with van der Waals surface area (Å²) in [6.45, 7) is 5.11. The molecule has 26 heavy (non-hydrogen) atoms. The van der Waals surface area contributed by atoms with Crippen molar-refractivity contribution in [3.63, 3.8) is 0 Å². The van der Waals surface area contributed by atoms with Gasteiger partial charge < -0.3 is 14.8 Å². The van der Waals surface area contributed by atoms with E-state index in [1.807, 2.05) is 18.2 Å². The van der Waals surface area contributed by atoms with Gasteiger partial charge in [-0.2, -0.15) is 0 Å². The van der Waals surface area contributed by atoms with Gasteiger partial charge in [-0.25, -0.2) is 0 Å². The van der Waals surface area contributed by atoms with Gasteiger partial charge in [0.05, 0.1) is 31.5 Å². The largest absolute Gasteiger partial charge is 0.495 e. The molecular formula is C20H25ClN2O3. The van der Waals surface area contributed by atoms with Crippen LogP contribution in [-0.2, 0) is 11.3 Å². The van der Waals surface area contributed by atoms with Crippen molar-refractivity contribution < 1.29 is 14.3 Å². The molecule has 0 aliphatic rings. The molecule has 0 aliphatic heterocycles. The van der Waals surface area contributed by atoms with Crippen molar-refractivity contribution in [2.24, 2.45) is 0 Å². The average molecular weight is 377 g/mol. The topological polar surface area (TPSA) is 50.8 Å². The van der Waals surface area contributed by atoms with Crippen LogP contribution in [0, 0.1) is 0 Å². The molecule has 6 heteroatoms. The van der Waals surface area contributed by atoms with Gasteiger partial charge in [0.1, 0.15) is 11.5 Å². The molecule has 0 fully saturated rings. The molecule has 0 spiro atoms. The van der Waals surface area contributed by atoms with Gasteiger partial charge in [-0.1, -0.05) is 41.9 Å². The number of nitrogens with zero attached hydrogens (tertiary/aromatic N) is 1. The Morgan fingerprint density at radius 2 is 1.77 bits per heavy atom. The summed E-state index contributed by atoms with van der Waals surface area (Å²) < 4.78 is 10.5. The molecule has 0 bridgehead atoms. The summed E-state index contributed by atoms with van der Waals surface area (Å²) in [7, 11) is 3.06. The van der Waals surface area contributed by atoms with Gasteiger partial charge in [-0.3, -0.25) is 9.69 Å². The Bertz CT molecular complexity index is 735. The third-order valence-corrected chi connectivity index (χ3v) is 4.35. The first-order valence-corrected chi connectivity index (χ1v) is 8.81. The van der Waals surface area contributed by atoms with Crippen LogP contribution in [0.25, 0.3) is 0 Å². The van der Waals surface area contributed by atoms with E-state index in [0.29, 0.717) is 28.8 Å². The molecule has 0 saturated carbocycles. The van der Waals surface area contributed by atoms with Crippen molar-refractivity contribution in [3.8, 4) is 11.5 Å². The monoisotopic (exact) mass is 376 g/mol. The Morgan fingerprint density at radius 3 is 2.35 bits per heavy atom. The number of rotatable bonds is 8. The van der Waals surface area contributed by atoms with E-state index < -0.39 is 0 Å². The van der Waals surface area contributed by atoms with Crippen LogP contribution >= 0.6 is 11.6 Å². The lowest BCUT2D eigenvalue weighted by molar-refractivity contribution is -0.117. The van der Waals surface area contributed by atoms with Crippen molar-refractivity contribution in [1.82, 2.24) is 4.90 Å². The lowest BCUT2D eigenvalue weighted by Gasteiger charge is -2.26. The molecule has 1 amide bonds. The molecule has 140 valence electrons. The predicted molar refractivity (Wildman–Crippen MR) is 105 cm³/mol. The quantitative estimate of drug-likeness (QED) is 0.749. The van der Waals surface area contributed by atoms with Crippen LogP contribution in [0.15, 0.2) is 42.5 Å². The highest BCUT2D eigenvalue weighted by Crippen LogP contribution is 2.35. The summed E-state index contributed by atoms with van der Waals surface area (Å²) in [5.74, 6) is 0.841. The zero-order chi connectivity index (χ0) is 19.1. The first-order chi connectivity index (χ1) is 12.4. The van der Waals surface area contributed by atoms with Crippen LogP contribution < -0.4 is 14.8 Å². The number of hydrogen-bond acceptors (Lipinski definition) is 4. The van der Waals surface area contributed by atoms with E-state index in [1.54, 1.807) is 12.1 Å². The second kappa shape index (κ2) is 9.46. The van der Waals surface area contributed by atoms with Gasteiger partial charge in [0.25, 0.3) is 0 Å². The second-order valence-electron chi connectivity index (χ2n) is 6.22. The lowest BCUT2D eigenvalue weighted by atomic mass is 10.2. The van der Waals surface area contributed by atoms with Gasteiger partial charge in [0, 0.05) is 24.7 Å². The number of amides is 1. The fourth-order valence-corrected chi connectivity index (χ4v) is 2.80. The zero-order valence-electron chi connectivity index (χ0n) is 15.6. The van der Waals surface area contributed by atoms with Crippen LogP contribution in [0.4, 0.5) is 5.69 Å². The Labute approximate surface area is 159 Å². The van der Waals surface area contributed by atoms with Gasteiger partial charge in [0.15, 0.2) is 0 Å². The Balaban J connectivity index is 2.10. The smallest absolute Gasteiger partial charge is 0.238 e. The minimum atomic E-state index is -0.127. The third-order valence-electron chi connectivity index (χ3n) is 4.05. The van der Waals surface area contributed by atoms with Crippen LogP contribution in [0.5, 0.6) is 11.5 Å². The summed E-state index contributed by atoms with van der Waals surface area (Å²) >= 11 is 6.11. The number of anilines is 1. The maximum absolute atomic E-state index is 12.6. The molecule has 5 nitrogen and oxygen atoms in total. The molecule has 2 aromatic rings. The van der Waals surface area contributed by atoms with Crippen molar-refractivity contribution in [1.29, 1.82) is 0 Å². The molecule has 0 aromatic heterocycles. The van der Waals surface area contributed by atoms with Crippen LogP contribution in [-0.4, -0.2) is 37.6 Å². The van der Waals surface area contributed by atoms with E-state index in [1.165, 1.54) is 19.8 Å². The van der Waals surface area contributed by atoms with Gasteiger partial charge >= 0.3 is 0 Å². The number of carbonyl (C=O) groups excluding carboxylic acids is 1. The van der Waals surface area contributed by atoms with Crippen molar-refractivity contribution >= 4 is 23.2 Å². The second-order valence-corrected chi connectivity index (χ2v) is 6.63. The number of ether oxygens (including phenoxy) is 2. The molecule has 0 aliphatic carbocycles. The highest BCUT2D eigenvalue weighted by molar-refractivity contribution is 6.32. The fourth-order valence-electron chi connectivity index (χ4n) is 2.57. The average Bonchev–Trinajstić information content (AvgIpc) is 2.63. The summed E-state index contributed by atoms with van der Waals surface area (Å²) in [6.07, 6.45) is 0. The van der Waals surface area contributed by atoms with Crippen LogP contribution in [0.2, 0.25) is 5.02 Å². The molecule has 0 saturated heterocycles. The predicted octanol–water partition coefficient (Wildman–Crippen LogP) is 4.21. The Morgan fingerprint density at radius 1 is 1.12 bits per heavy atom. The third kappa shape index (κ3) is 5.38. The molecule has 2 rings (SSSR count). The minimum Gasteiger partial charge on any atom is -0.495 e. The maximum atomic E-state index is 12.6. The Hall–Kier alpha value is -2.24. The summed E-state index contributed by atoms with van der Waals surface area (Å²) in [6, 6.07) is 13.6. The van der Waals surface area contributed by atoms with E-state index in [-0.39, 0.29) is 18.5 Å². The first-order valence-electron chi connectivity index (χ1n) is 8.44. The molecule has 0 atom stereocenters. The number of hydrogen-bond donors (Lipinski definition) is 1. The minimum absolute atomic E-state index is 0.127. The number of carbonyl (C=O) groups is 1. The summed E-state index contributed by atoms with van der Waals surface area (Å²) in [5, 5.41) is 3.32. The van der Waals surface area contributed by atoms with Gasteiger partial charge in [-0.15, -0.1) is 0 Å². The molecule has 0 heterocycles. The number of methoxy groups -OCH3 is 2. The van der Waals surface area contributed by atoms with Gasteiger partial charge in [0.2, 0.25) is 5.91 Å². The van der Waals surface area contributed by atoms with E-state index in [4.69, 9.17) is 21.1 Å². The zero-order valence-corrected chi connectivity index (χ0v) is 16.3. The summed E-state index contributed by atoms with van der Waals surface area (Å²) in [4.78, 5) is 14.7. The molecular weight excluding hydrogens is 352 g/mol.